The number of hydrogen-bond acceptors (Lipinski definition) is 4. The Labute approximate surface area is 151 Å². The first-order chi connectivity index (χ1) is 12.0. The molecule has 0 unspecified atom stereocenters. The highest BCUT2D eigenvalue weighted by Crippen LogP contribution is 2.23. The number of sulfonamides is 1. The van der Waals surface area contributed by atoms with E-state index in [2.05, 4.69) is 9.71 Å². The molecule has 7 heteroatoms. The molecule has 1 heterocycles. The van der Waals surface area contributed by atoms with Crippen LogP contribution < -0.4 is 9.46 Å². The molecule has 25 heavy (non-hydrogen) atoms. The molecule has 0 fully saturated rings. The molecule has 2 aromatic carbocycles. The van der Waals surface area contributed by atoms with Crippen LogP contribution in [0, 0.1) is 6.92 Å². The Morgan fingerprint density at radius 2 is 1.96 bits per heavy atom. The summed E-state index contributed by atoms with van der Waals surface area (Å²) in [6.45, 7) is 2.10. The Hall–Kier alpha value is -2.15. The van der Waals surface area contributed by atoms with Gasteiger partial charge >= 0.3 is 0 Å². The molecule has 0 aliphatic heterocycles. The van der Waals surface area contributed by atoms with E-state index >= 15 is 0 Å². The van der Waals surface area contributed by atoms with Crippen LogP contribution in [0.1, 0.15) is 5.56 Å². The highest BCUT2D eigenvalue weighted by molar-refractivity contribution is 7.89. The third-order valence-corrected chi connectivity index (χ3v) is 5.57. The summed E-state index contributed by atoms with van der Waals surface area (Å²) in [6, 6.07) is 14.0. The first-order valence-electron chi connectivity index (χ1n) is 7.70. The zero-order chi connectivity index (χ0) is 17.9. The third-order valence-electron chi connectivity index (χ3n) is 3.69. The van der Waals surface area contributed by atoms with E-state index in [9.17, 15) is 8.42 Å². The Bertz CT molecular complexity index is 1000. The van der Waals surface area contributed by atoms with E-state index in [0.29, 0.717) is 16.3 Å². The molecule has 0 saturated heterocycles. The van der Waals surface area contributed by atoms with Crippen molar-refractivity contribution < 1.29 is 13.2 Å². The van der Waals surface area contributed by atoms with Crippen LogP contribution in [0.15, 0.2) is 59.6 Å². The van der Waals surface area contributed by atoms with Crippen molar-refractivity contribution in [2.24, 2.45) is 0 Å². The molecule has 3 rings (SSSR count). The number of halogens is 1. The lowest BCUT2D eigenvalue weighted by atomic mass is 10.2. The molecule has 0 aliphatic rings. The van der Waals surface area contributed by atoms with E-state index < -0.39 is 10.0 Å². The van der Waals surface area contributed by atoms with Crippen LogP contribution in [0.25, 0.3) is 10.9 Å². The van der Waals surface area contributed by atoms with Crippen LogP contribution >= 0.6 is 11.6 Å². The molecule has 0 radical (unpaired) electrons. The van der Waals surface area contributed by atoms with E-state index in [4.69, 9.17) is 16.3 Å². The molecule has 0 bridgehead atoms. The minimum atomic E-state index is -3.60. The second-order valence-corrected chi connectivity index (χ2v) is 7.66. The van der Waals surface area contributed by atoms with Crippen molar-refractivity contribution in [3.8, 4) is 5.75 Å². The maximum atomic E-state index is 12.3. The average molecular weight is 377 g/mol. The number of aromatic nitrogens is 1. The molecule has 5 nitrogen and oxygen atoms in total. The smallest absolute Gasteiger partial charge is 0.240 e. The number of hydrogen-bond donors (Lipinski definition) is 1. The van der Waals surface area contributed by atoms with Crippen LogP contribution in [0.4, 0.5) is 0 Å². The van der Waals surface area contributed by atoms with Crippen LogP contribution in [0.5, 0.6) is 5.75 Å². The van der Waals surface area contributed by atoms with Crippen LogP contribution in [0.3, 0.4) is 0 Å². The second kappa shape index (κ2) is 7.39. The summed E-state index contributed by atoms with van der Waals surface area (Å²) in [7, 11) is -3.60. The van der Waals surface area contributed by atoms with E-state index in [1.165, 1.54) is 6.07 Å². The van der Waals surface area contributed by atoms with Crippen molar-refractivity contribution >= 4 is 32.5 Å². The Kier molecular flexibility index (Phi) is 5.22. The average Bonchev–Trinajstić information content (AvgIpc) is 2.61. The lowest BCUT2D eigenvalue weighted by Gasteiger charge is -2.10. The van der Waals surface area contributed by atoms with Crippen molar-refractivity contribution in [3.63, 3.8) is 0 Å². The summed E-state index contributed by atoms with van der Waals surface area (Å²) in [4.78, 5) is 4.48. The number of benzene rings is 2. The predicted octanol–water partition coefficient (Wildman–Crippen LogP) is 3.55. The summed E-state index contributed by atoms with van der Waals surface area (Å²) in [6.07, 6.45) is 1.70. The highest BCUT2D eigenvalue weighted by Gasteiger charge is 2.14. The summed E-state index contributed by atoms with van der Waals surface area (Å²) in [5.41, 5.74) is 1.46. The minimum Gasteiger partial charge on any atom is -0.490 e. The van der Waals surface area contributed by atoms with Crippen molar-refractivity contribution in [2.45, 2.75) is 11.8 Å². The van der Waals surface area contributed by atoms with Gasteiger partial charge in [-0.2, -0.15) is 0 Å². The Balaban J connectivity index is 1.63. The standard InChI is InChI=1S/C18H17ClN2O3S/c1-13-12-15(7-8-16(13)19)25(22,23)21-10-11-24-17-6-2-4-14-5-3-9-20-18(14)17/h2-9,12,21H,10-11H2,1H3. The normalized spacial score (nSPS) is 11.6. The van der Waals surface area contributed by atoms with Gasteiger partial charge in [0.1, 0.15) is 17.9 Å². The molecule has 0 spiro atoms. The molecule has 3 aromatic rings. The van der Waals surface area contributed by atoms with Crippen molar-refractivity contribution in [1.29, 1.82) is 0 Å². The predicted molar refractivity (Wildman–Crippen MR) is 98.6 cm³/mol. The van der Waals surface area contributed by atoms with Gasteiger partial charge in [0.05, 0.1) is 4.90 Å². The van der Waals surface area contributed by atoms with Crippen LogP contribution in [-0.4, -0.2) is 26.6 Å². The number of nitrogens with zero attached hydrogens (tertiary/aromatic N) is 1. The summed E-state index contributed by atoms with van der Waals surface area (Å²) in [5, 5.41) is 1.50. The van der Waals surface area contributed by atoms with E-state index in [0.717, 1.165) is 10.9 Å². The van der Waals surface area contributed by atoms with Crippen molar-refractivity contribution in [3.05, 3.63) is 65.3 Å². The number of fused-ring (bicyclic) bond motifs is 1. The third kappa shape index (κ3) is 4.10. The fourth-order valence-electron chi connectivity index (χ4n) is 2.40. The van der Waals surface area contributed by atoms with Crippen LogP contribution in [0.2, 0.25) is 5.02 Å². The van der Waals surface area contributed by atoms with Gasteiger partial charge in [0.2, 0.25) is 10.0 Å². The van der Waals surface area contributed by atoms with Gasteiger partial charge < -0.3 is 4.74 Å². The van der Waals surface area contributed by atoms with Gasteiger partial charge in [-0.15, -0.1) is 0 Å². The molecule has 130 valence electrons. The van der Waals surface area contributed by atoms with Gasteiger partial charge in [-0.05, 0) is 42.8 Å². The van der Waals surface area contributed by atoms with Gasteiger partial charge in [0, 0.05) is 23.2 Å². The van der Waals surface area contributed by atoms with Gasteiger partial charge in [-0.3, -0.25) is 4.98 Å². The zero-order valence-electron chi connectivity index (χ0n) is 13.6. The fraction of sp³-hybridized carbons (Fsp3) is 0.167. The second-order valence-electron chi connectivity index (χ2n) is 5.49. The molecular weight excluding hydrogens is 360 g/mol. The number of ether oxygens (including phenoxy) is 1. The maximum absolute atomic E-state index is 12.3. The highest BCUT2D eigenvalue weighted by atomic mass is 35.5. The molecular formula is C18H17ClN2O3S. The number of nitrogens with one attached hydrogen (secondary N) is 1. The summed E-state index contributed by atoms with van der Waals surface area (Å²) >= 11 is 5.93. The SMILES string of the molecule is Cc1cc(S(=O)(=O)NCCOc2cccc3cccnc23)ccc1Cl. The Morgan fingerprint density at radius 3 is 2.76 bits per heavy atom. The van der Waals surface area contributed by atoms with E-state index in [1.807, 2.05) is 30.3 Å². The van der Waals surface area contributed by atoms with E-state index in [-0.39, 0.29) is 18.0 Å². The molecule has 1 N–H and O–H groups in total. The van der Waals surface area contributed by atoms with E-state index in [1.54, 1.807) is 25.3 Å². The number of pyridine rings is 1. The summed E-state index contributed by atoms with van der Waals surface area (Å²) < 4.78 is 32.8. The monoisotopic (exact) mass is 376 g/mol. The quantitative estimate of drug-likeness (QED) is 0.668. The Morgan fingerprint density at radius 1 is 1.16 bits per heavy atom. The molecule has 0 amide bonds. The van der Waals surface area contributed by atoms with Gasteiger partial charge in [0.15, 0.2) is 0 Å². The molecule has 1 aromatic heterocycles. The number of aryl methyl sites for hydroxylation is 1. The van der Waals surface area contributed by atoms with Gasteiger partial charge in [-0.1, -0.05) is 29.8 Å². The maximum Gasteiger partial charge on any atom is 0.240 e. The fourth-order valence-corrected chi connectivity index (χ4v) is 3.61. The molecule has 0 aliphatic carbocycles. The largest absolute Gasteiger partial charge is 0.490 e. The summed E-state index contributed by atoms with van der Waals surface area (Å²) in [5.74, 6) is 0.625. The number of para-hydroxylation sites is 1. The number of rotatable bonds is 6. The molecule has 0 atom stereocenters. The van der Waals surface area contributed by atoms with Gasteiger partial charge in [0.25, 0.3) is 0 Å². The first kappa shape index (κ1) is 17.7. The minimum absolute atomic E-state index is 0.146. The van der Waals surface area contributed by atoms with Crippen molar-refractivity contribution in [2.75, 3.05) is 13.2 Å². The van der Waals surface area contributed by atoms with Crippen molar-refractivity contribution in [1.82, 2.24) is 9.71 Å². The lowest BCUT2D eigenvalue weighted by Crippen LogP contribution is -2.28. The van der Waals surface area contributed by atoms with Crippen LogP contribution in [-0.2, 0) is 10.0 Å². The lowest BCUT2D eigenvalue weighted by molar-refractivity contribution is 0.326. The topological polar surface area (TPSA) is 68.3 Å². The molecule has 0 saturated carbocycles. The first-order valence-corrected chi connectivity index (χ1v) is 9.56. The zero-order valence-corrected chi connectivity index (χ0v) is 15.1. The van der Waals surface area contributed by atoms with Gasteiger partial charge in [-0.25, -0.2) is 13.1 Å².